The lowest BCUT2D eigenvalue weighted by molar-refractivity contribution is -0.155. The second-order valence-corrected chi connectivity index (χ2v) is 8.00. The van der Waals surface area contributed by atoms with E-state index in [1.807, 2.05) is 13.0 Å². The largest absolute Gasteiger partial charge is 0.493 e. The predicted octanol–water partition coefficient (Wildman–Crippen LogP) is 3.73. The molecule has 8 nitrogen and oxygen atoms in total. The Bertz CT molecular complexity index is 1350. The number of rotatable bonds is 7. The summed E-state index contributed by atoms with van der Waals surface area (Å²) in [6.07, 6.45) is -1.18. The summed E-state index contributed by atoms with van der Waals surface area (Å²) in [7, 11) is 1.49. The van der Waals surface area contributed by atoms with Gasteiger partial charge in [0.2, 0.25) is 0 Å². The number of carbonyl (C=O) groups is 4. The molecule has 1 amide bonds. The lowest BCUT2D eigenvalue weighted by Gasteiger charge is -2.21. The monoisotopic (exact) mass is 473 g/mol. The zero-order valence-corrected chi connectivity index (χ0v) is 19.4. The highest BCUT2D eigenvalue weighted by atomic mass is 16.6. The second-order valence-electron chi connectivity index (χ2n) is 8.00. The van der Waals surface area contributed by atoms with E-state index in [1.165, 1.54) is 20.1 Å². The van der Waals surface area contributed by atoms with Gasteiger partial charge in [0.1, 0.15) is 0 Å². The summed E-state index contributed by atoms with van der Waals surface area (Å²) >= 11 is 0. The molecule has 1 aliphatic carbocycles. The van der Waals surface area contributed by atoms with Gasteiger partial charge in [0, 0.05) is 16.7 Å². The molecule has 0 aliphatic heterocycles. The second kappa shape index (κ2) is 9.80. The molecule has 3 aromatic rings. The van der Waals surface area contributed by atoms with Crippen molar-refractivity contribution in [3.05, 3.63) is 88.5 Å². The van der Waals surface area contributed by atoms with Crippen LogP contribution in [-0.4, -0.2) is 43.3 Å². The van der Waals surface area contributed by atoms with Crippen molar-refractivity contribution in [3.8, 4) is 11.5 Å². The number of ketones is 2. The Balaban J connectivity index is 1.43. The zero-order chi connectivity index (χ0) is 25.1. The smallest absolute Gasteiger partial charge is 0.344 e. The molecule has 35 heavy (non-hydrogen) atoms. The number of aryl methyl sites for hydroxylation is 1. The van der Waals surface area contributed by atoms with Gasteiger partial charge in [-0.2, -0.15) is 0 Å². The molecule has 0 fully saturated rings. The van der Waals surface area contributed by atoms with Gasteiger partial charge in [-0.15, -0.1) is 0 Å². The van der Waals surface area contributed by atoms with Crippen molar-refractivity contribution < 1.29 is 33.4 Å². The Labute approximate surface area is 201 Å². The van der Waals surface area contributed by atoms with Gasteiger partial charge < -0.3 is 19.5 Å². The highest BCUT2D eigenvalue weighted by molar-refractivity contribution is 6.30. The number of nitrogens with one attached hydrogen (secondary N) is 1. The van der Waals surface area contributed by atoms with Crippen molar-refractivity contribution in [1.29, 1.82) is 0 Å². The molecule has 1 N–H and O–H groups in total. The third-order valence-electron chi connectivity index (χ3n) is 5.55. The Morgan fingerprint density at radius 1 is 0.886 bits per heavy atom. The molecule has 178 valence electrons. The summed E-state index contributed by atoms with van der Waals surface area (Å²) in [4.78, 5) is 50.9. The van der Waals surface area contributed by atoms with Gasteiger partial charge in [0.25, 0.3) is 5.91 Å². The van der Waals surface area contributed by atoms with Crippen LogP contribution in [-0.2, 0) is 14.3 Å². The summed E-state index contributed by atoms with van der Waals surface area (Å²) in [6, 6.07) is 16.4. The first-order valence-electron chi connectivity index (χ1n) is 10.9. The number of esters is 1. The van der Waals surface area contributed by atoms with Crippen molar-refractivity contribution >= 4 is 29.1 Å². The topological polar surface area (TPSA) is 108 Å². The maximum absolute atomic E-state index is 13.1. The number of hydrogen-bond donors (Lipinski definition) is 1. The zero-order valence-electron chi connectivity index (χ0n) is 19.4. The molecule has 3 aromatic carbocycles. The van der Waals surface area contributed by atoms with Crippen molar-refractivity contribution in [3.63, 3.8) is 0 Å². The van der Waals surface area contributed by atoms with Gasteiger partial charge in [-0.1, -0.05) is 42.5 Å². The van der Waals surface area contributed by atoms with Crippen molar-refractivity contribution in [2.45, 2.75) is 20.0 Å². The molecule has 0 aromatic heterocycles. The summed E-state index contributed by atoms with van der Waals surface area (Å²) in [5.74, 6) is -1.24. The molecule has 0 heterocycles. The van der Waals surface area contributed by atoms with E-state index in [4.69, 9.17) is 14.2 Å². The lowest BCUT2D eigenvalue weighted by atomic mass is 9.83. The van der Waals surface area contributed by atoms with Gasteiger partial charge in [-0.25, -0.2) is 4.79 Å². The molecule has 1 atom stereocenters. The molecule has 1 unspecified atom stereocenters. The molecule has 0 radical (unpaired) electrons. The Hall–Kier alpha value is -4.46. The highest BCUT2D eigenvalue weighted by Gasteiger charge is 2.32. The Kier molecular flexibility index (Phi) is 6.64. The molecular weight excluding hydrogens is 450 g/mol. The minimum Gasteiger partial charge on any atom is -0.493 e. The minimum absolute atomic E-state index is 0.109. The quantitative estimate of drug-likeness (QED) is 0.408. The van der Waals surface area contributed by atoms with Crippen molar-refractivity contribution in [2.24, 2.45) is 0 Å². The van der Waals surface area contributed by atoms with Crippen LogP contribution in [0.2, 0.25) is 0 Å². The first-order valence-corrected chi connectivity index (χ1v) is 10.9. The van der Waals surface area contributed by atoms with E-state index in [0.717, 1.165) is 5.56 Å². The fraction of sp³-hybridized carbons (Fsp3) is 0.185. The van der Waals surface area contributed by atoms with Crippen molar-refractivity contribution in [1.82, 2.24) is 0 Å². The summed E-state index contributed by atoms with van der Waals surface area (Å²) in [5, 5.41) is 2.61. The molecule has 0 saturated carbocycles. The first-order chi connectivity index (χ1) is 16.8. The van der Waals surface area contributed by atoms with E-state index in [-0.39, 0.29) is 33.9 Å². The predicted molar refractivity (Wildman–Crippen MR) is 127 cm³/mol. The Morgan fingerprint density at radius 3 is 2.29 bits per heavy atom. The maximum Gasteiger partial charge on any atom is 0.344 e. The SMILES string of the molecule is COc1cc(C)ccc1OCC(=O)OC(C)C(=O)Nc1cccc2c1C(=O)c1ccccc1C2=O. The van der Waals surface area contributed by atoms with Crippen molar-refractivity contribution in [2.75, 3.05) is 19.0 Å². The van der Waals surface area contributed by atoms with Crippen LogP contribution in [0.25, 0.3) is 0 Å². The van der Waals surface area contributed by atoms with E-state index in [2.05, 4.69) is 5.32 Å². The van der Waals surface area contributed by atoms with E-state index >= 15 is 0 Å². The van der Waals surface area contributed by atoms with Crippen LogP contribution < -0.4 is 14.8 Å². The van der Waals surface area contributed by atoms with Crippen LogP contribution in [0.4, 0.5) is 5.69 Å². The number of anilines is 1. The highest BCUT2D eigenvalue weighted by Crippen LogP contribution is 2.32. The maximum atomic E-state index is 13.1. The summed E-state index contributed by atoms with van der Waals surface area (Å²) < 4.78 is 15.9. The van der Waals surface area contributed by atoms with Crippen LogP contribution >= 0.6 is 0 Å². The van der Waals surface area contributed by atoms with Gasteiger partial charge in [-0.05, 0) is 37.6 Å². The number of benzene rings is 3. The first kappa shape index (κ1) is 23.7. The van der Waals surface area contributed by atoms with Gasteiger partial charge >= 0.3 is 5.97 Å². The van der Waals surface area contributed by atoms with E-state index in [9.17, 15) is 19.2 Å². The number of ether oxygens (including phenoxy) is 3. The van der Waals surface area contributed by atoms with Gasteiger partial charge in [0.05, 0.1) is 18.4 Å². The summed E-state index contributed by atoms with van der Waals surface area (Å²) in [6.45, 7) is 2.87. The minimum atomic E-state index is -1.18. The fourth-order valence-corrected chi connectivity index (χ4v) is 3.80. The number of fused-ring (bicyclic) bond motifs is 2. The van der Waals surface area contributed by atoms with Crippen LogP contribution in [0.1, 0.15) is 44.3 Å². The van der Waals surface area contributed by atoms with Gasteiger partial charge in [-0.3, -0.25) is 14.4 Å². The fourth-order valence-electron chi connectivity index (χ4n) is 3.80. The molecule has 1 aliphatic rings. The molecular formula is C27H23NO7. The van der Waals surface area contributed by atoms with E-state index in [0.29, 0.717) is 17.1 Å². The van der Waals surface area contributed by atoms with Crippen LogP contribution in [0, 0.1) is 6.92 Å². The third kappa shape index (κ3) is 4.77. The third-order valence-corrected chi connectivity index (χ3v) is 5.55. The molecule has 0 saturated heterocycles. The normalized spacial score (nSPS) is 12.8. The Morgan fingerprint density at radius 2 is 1.57 bits per heavy atom. The number of amides is 1. The molecule has 0 bridgehead atoms. The molecule has 0 spiro atoms. The van der Waals surface area contributed by atoms with Gasteiger partial charge in [0.15, 0.2) is 35.8 Å². The van der Waals surface area contributed by atoms with Crippen LogP contribution in [0.3, 0.4) is 0 Å². The standard InChI is InChI=1S/C27H23NO7/c1-15-11-12-21(22(13-15)33-3)34-14-23(29)35-16(2)27(32)28-20-10-6-9-19-24(20)26(31)18-8-5-4-7-17(18)25(19)30/h4-13,16H,14H2,1-3H3,(H,28,32). The lowest BCUT2D eigenvalue weighted by Crippen LogP contribution is -2.33. The van der Waals surface area contributed by atoms with E-state index < -0.39 is 24.6 Å². The van der Waals surface area contributed by atoms with Crippen LogP contribution in [0.15, 0.2) is 60.7 Å². The number of hydrogen-bond acceptors (Lipinski definition) is 7. The van der Waals surface area contributed by atoms with Crippen LogP contribution in [0.5, 0.6) is 11.5 Å². The number of methoxy groups -OCH3 is 1. The van der Waals surface area contributed by atoms with E-state index in [1.54, 1.807) is 48.5 Å². The number of carbonyl (C=O) groups excluding carboxylic acids is 4. The summed E-state index contributed by atoms with van der Waals surface area (Å²) in [5.41, 5.74) is 2.04. The molecule has 8 heteroatoms. The molecule has 4 rings (SSSR count). The average molecular weight is 473 g/mol. The average Bonchev–Trinajstić information content (AvgIpc) is 2.86.